The van der Waals surface area contributed by atoms with Gasteiger partial charge in [0.25, 0.3) is 0 Å². The van der Waals surface area contributed by atoms with Crippen LogP contribution in [0.2, 0.25) is 0 Å². The first-order valence-electron chi connectivity index (χ1n) is 6.32. The van der Waals surface area contributed by atoms with Crippen LogP contribution in [0, 0.1) is 0 Å². The highest BCUT2D eigenvalue weighted by atomic mass is 19.1. The van der Waals surface area contributed by atoms with Crippen LogP contribution in [0.3, 0.4) is 0 Å². The second-order valence-corrected chi connectivity index (χ2v) is 4.53. The first-order valence-corrected chi connectivity index (χ1v) is 6.32. The van der Waals surface area contributed by atoms with Gasteiger partial charge in [-0.1, -0.05) is 18.2 Å². The van der Waals surface area contributed by atoms with Crippen LogP contribution in [0.4, 0.5) is 10.1 Å². The summed E-state index contributed by atoms with van der Waals surface area (Å²) in [5, 5.41) is 0. The number of carbonyl (C=O) groups is 1. The quantitative estimate of drug-likeness (QED) is 0.806. The Morgan fingerprint density at radius 3 is 3.05 bits per heavy atom. The van der Waals surface area contributed by atoms with Gasteiger partial charge in [-0.15, -0.1) is 0 Å². The Kier molecular flexibility index (Phi) is 3.33. The number of aromatic nitrogens is 1. The van der Waals surface area contributed by atoms with Crippen molar-refractivity contribution in [2.75, 3.05) is 18.1 Å². The average Bonchev–Trinajstić information content (AvgIpc) is 2.53. The molecule has 0 N–H and O–H groups in total. The van der Waals surface area contributed by atoms with Gasteiger partial charge in [-0.25, -0.2) is 9.37 Å². The van der Waals surface area contributed by atoms with Gasteiger partial charge in [0.1, 0.15) is 19.0 Å². The summed E-state index contributed by atoms with van der Waals surface area (Å²) in [5.74, 6) is 0.453. The van der Waals surface area contributed by atoms with Crippen LogP contribution in [0.25, 0.3) is 11.1 Å². The molecule has 0 saturated heterocycles. The van der Waals surface area contributed by atoms with E-state index in [0.717, 1.165) is 17.5 Å². The Balaban J connectivity index is 2.04. The zero-order chi connectivity index (χ0) is 13.9. The number of amides is 1. The summed E-state index contributed by atoms with van der Waals surface area (Å²) in [7, 11) is 0. The van der Waals surface area contributed by atoms with E-state index in [0.29, 0.717) is 30.3 Å². The molecule has 5 heteroatoms. The van der Waals surface area contributed by atoms with Crippen LogP contribution in [0.5, 0.6) is 5.88 Å². The standard InChI is InChI=1S/C15H13FN2O2/c16-8-11-2-1-3-12(6-11)13-7-14-15(17-9-13)20-5-4-18(14)10-19/h1-3,6-7,9-10H,4-5,8H2. The van der Waals surface area contributed by atoms with Gasteiger partial charge in [-0.3, -0.25) is 4.79 Å². The van der Waals surface area contributed by atoms with E-state index < -0.39 is 6.67 Å². The molecule has 0 radical (unpaired) electrons. The molecule has 20 heavy (non-hydrogen) atoms. The van der Waals surface area contributed by atoms with Crippen LogP contribution < -0.4 is 9.64 Å². The fourth-order valence-corrected chi connectivity index (χ4v) is 2.22. The van der Waals surface area contributed by atoms with Gasteiger partial charge in [0.2, 0.25) is 12.3 Å². The maximum atomic E-state index is 12.7. The van der Waals surface area contributed by atoms with Crippen LogP contribution >= 0.6 is 0 Å². The number of fused-ring (bicyclic) bond motifs is 1. The molecule has 2 heterocycles. The van der Waals surface area contributed by atoms with Gasteiger partial charge in [-0.2, -0.15) is 0 Å². The summed E-state index contributed by atoms with van der Waals surface area (Å²) in [6.07, 6.45) is 2.44. The second-order valence-electron chi connectivity index (χ2n) is 4.53. The third-order valence-corrected chi connectivity index (χ3v) is 3.25. The number of carbonyl (C=O) groups excluding carboxylic acids is 1. The summed E-state index contributed by atoms with van der Waals surface area (Å²) < 4.78 is 18.1. The number of nitrogens with zero attached hydrogens (tertiary/aromatic N) is 2. The predicted molar refractivity (Wildman–Crippen MR) is 73.4 cm³/mol. The second kappa shape index (κ2) is 5.28. The van der Waals surface area contributed by atoms with E-state index in [2.05, 4.69) is 4.98 Å². The molecule has 1 aliphatic heterocycles. The zero-order valence-electron chi connectivity index (χ0n) is 10.8. The van der Waals surface area contributed by atoms with Crippen LogP contribution in [-0.4, -0.2) is 24.5 Å². The Morgan fingerprint density at radius 2 is 2.25 bits per heavy atom. The number of hydrogen-bond donors (Lipinski definition) is 0. The van der Waals surface area contributed by atoms with Crippen molar-refractivity contribution < 1.29 is 13.9 Å². The van der Waals surface area contributed by atoms with Crippen LogP contribution in [0.1, 0.15) is 5.56 Å². The maximum Gasteiger partial charge on any atom is 0.238 e. The molecule has 0 aliphatic carbocycles. The Bertz CT molecular complexity index is 646. The van der Waals surface area contributed by atoms with E-state index in [-0.39, 0.29) is 0 Å². The number of alkyl halides is 1. The Labute approximate surface area is 115 Å². The summed E-state index contributed by atoms with van der Waals surface area (Å²) >= 11 is 0. The van der Waals surface area contributed by atoms with E-state index in [1.165, 1.54) is 0 Å². The van der Waals surface area contributed by atoms with Crippen LogP contribution in [-0.2, 0) is 11.5 Å². The molecule has 1 aromatic carbocycles. The van der Waals surface area contributed by atoms with E-state index >= 15 is 0 Å². The number of pyridine rings is 1. The molecule has 0 atom stereocenters. The van der Waals surface area contributed by atoms with Gasteiger partial charge in [0.15, 0.2) is 0 Å². The summed E-state index contributed by atoms with van der Waals surface area (Å²) in [5.41, 5.74) is 2.96. The number of halogens is 1. The number of rotatable bonds is 3. The first kappa shape index (κ1) is 12.6. The lowest BCUT2D eigenvalue weighted by molar-refractivity contribution is -0.107. The molecular formula is C15H13FN2O2. The van der Waals surface area contributed by atoms with Crippen molar-refractivity contribution in [2.24, 2.45) is 0 Å². The minimum atomic E-state index is -0.504. The summed E-state index contributed by atoms with van der Waals surface area (Å²) in [6.45, 7) is 0.442. The summed E-state index contributed by atoms with van der Waals surface area (Å²) in [4.78, 5) is 16.9. The Hall–Kier alpha value is -2.43. The van der Waals surface area contributed by atoms with Gasteiger partial charge in [0.05, 0.1) is 6.54 Å². The monoisotopic (exact) mass is 272 g/mol. The van der Waals surface area contributed by atoms with Crippen molar-refractivity contribution in [1.29, 1.82) is 0 Å². The molecular weight excluding hydrogens is 259 g/mol. The minimum absolute atomic E-state index is 0.440. The van der Waals surface area contributed by atoms with E-state index in [9.17, 15) is 9.18 Å². The third kappa shape index (κ3) is 2.22. The number of ether oxygens (including phenoxy) is 1. The third-order valence-electron chi connectivity index (χ3n) is 3.25. The zero-order valence-corrected chi connectivity index (χ0v) is 10.8. The first-order chi connectivity index (χ1) is 9.81. The van der Waals surface area contributed by atoms with E-state index in [1.807, 2.05) is 12.1 Å². The van der Waals surface area contributed by atoms with Gasteiger partial charge in [0, 0.05) is 11.8 Å². The topological polar surface area (TPSA) is 42.4 Å². The van der Waals surface area contributed by atoms with E-state index in [1.54, 1.807) is 29.3 Å². The SMILES string of the molecule is O=CN1CCOc2ncc(-c3cccc(CF)c3)cc21. The molecule has 1 aliphatic rings. The van der Waals surface area contributed by atoms with Crippen molar-refractivity contribution in [2.45, 2.75) is 6.67 Å². The fraction of sp³-hybridized carbons (Fsp3) is 0.200. The van der Waals surface area contributed by atoms with Gasteiger partial charge < -0.3 is 9.64 Å². The fourth-order valence-electron chi connectivity index (χ4n) is 2.22. The van der Waals surface area contributed by atoms with Crippen molar-refractivity contribution in [3.05, 3.63) is 42.1 Å². The number of benzene rings is 1. The lowest BCUT2D eigenvalue weighted by Crippen LogP contribution is -2.31. The van der Waals surface area contributed by atoms with Gasteiger partial charge >= 0.3 is 0 Å². The lowest BCUT2D eigenvalue weighted by Gasteiger charge is -2.25. The molecule has 102 valence electrons. The van der Waals surface area contributed by atoms with Crippen molar-refractivity contribution >= 4 is 12.1 Å². The molecule has 0 spiro atoms. The van der Waals surface area contributed by atoms with Crippen LogP contribution in [0.15, 0.2) is 36.5 Å². The normalized spacial score (nSPS) is 13.6. The largest absolute Gasteiger partial charge is 0.474 e. The summed E-state index contributed by atoms with van der Waals surface area (Å²) in [6, 6.07) is 9.04. The van der Waals surface area contributed by atoms with Crippen molar-refractivity contribution in [3.63, 3.8) is 0 Å². The lowest BCUT2D eigenvalue weighted by atomic mass is 10.0. The smallest absolute Gasteiger partial charge is 0.238 e. The molecule has 1 aromatic heterocycles. The number of hydrogen-bond acceptors (Lipinski definition) is 3. The molecule has 3 rings (SSSR count). The van der Waals surface area contributed by atoms with Gasteiger partial charge in [-0.05, 0) is 23.3 Å². The predicted octanol–water partition coefficient (Wildman–Crippen LogP) is 2.57. The maximum absolute atomic E-state index is 12.7. The van der Waals surface area contributed by atoms with Crippen molar-refractivity contribution in [1.82, 2.24) is 4.98 Å². The molecule has 0 saturated carbocycles. The minimum Gasteiger partial charge on any atom is -0.474 e. The number of anilines is 1. The van der Waals surface area contributed by atoms with E-state index in [4.69, 9.17) is 4.74 Å². The molecule has 0 unspecified atom stereocenters. The highest BCUT2D eigenvalue weighted by molar-refractivity contribution is 5.81. The molecule has 2 aromatic rings. The molecule has 0 bridgehead atoms. The van der Waals surface area contributed by atoms with Crippen molar-refractivity contribution in [3.8, 4) is 17.0 Å². The highest BCUT2D eigenvalue weighted by Gasteiger charge is 2.19. The highest BCUT2D eigenvalue weighted by Crippen LogP contribution is 2.32. The molecule has 0 fully saturated rings. The molecule has 4 nitrogen and oxygen atoms in total. The molecule has 1 amide bonds. The Morgan fingerprint density at radius 1 is 1.35 bits per heavy atom. The average molecular weight is 272 g/mol.